The number of para-hydroxylation sites is 1. The predicted octanol–water partition coefficient (Wildman–Crippen LogP) is 13.3. The fraction of sp³-hybridized carbons (Fsp3) is 0.189. The topological polar surface area (TPSA) is 51.8 Å². The van der Waals surface area contributed by atoms with Gasteiger partial charge in [-0.2, -0.15) is 0 Å². The molecule has 1 spiro atoms. The quantitative estimate of drug-likeness (QED) is 0.181. The molecule has 14 rings (SSSR count). The molecule has 4 bridgehead atoms. The summed E-state index contributed by atoms with van der Waals surface area (Å²) in [7, 11) is 0. The molecule has 5 aliphatic rings. The minimum absolute atomic E-state index is 0.0392. The second-order valence-corrected chi connectivity index (χ2v) is 17.2. The number of nitrogens with zero attached hydrogens (tertiary/aromatic N) is 3. The highest BCUT2D eigenvalue weighted by atomic mass is 16.3. The van der Waals surface area contributed by atoms with Gasteiger partial charge in [-0.15, -0.1) is 0 Å². The van der Waals surface area contributed by atoms with Gasteiger partial charge >= 0.3 is 0 Å². The van der Waals surface area contributed by atoms with Crippen LogP contribution in [0.3, 0.4) is 0 Å². The lowest BCUT2D eigenvalue weighted by atomic mass is 9.43. The minimum atomic E-state index is 0.0392. The van der Waals surface area contributed by atoms with Crippen molar-refractivity contribution in [3.63, 3.8) is 0 Å². The molecule has 0 unspecified atom stereocenters. The zero-order valence-electron chi connectivity index (χ0n) is 31.5. The maximum atomic E-state index is 6.23. The van der Waals surface area contributed by atoms with E-state index in [0.29, 0.717) is 23.5 Å². The van der Waals surface area contributed by atoms with Crippen molar-refractivity contribution < 1.29 is 4.42 Å². The van der Waals surface area contributed by atoms with E-state index in [1.54, 1.807) is 5.56 Å². The van der Waals surface area contributed by atoms with Crippen molar-refractivity contribution >= 4 is 32.7 Å². The van der Waals surface area contributed by atoms with Crippen molar-refractivity contribution in [2.24, 2.45) is 23.7 Å². The first-order valence-electron chi connectivity index (χ1n) is 20.7. The summed E-state index contributed by atoms with van der Waals surface area (Å²) in [4.78, 5) is 15.8. The normalized spacial score (nSPS) is 22.8. The molecule has 9 aromatic rings. The molecule has 7 aromatic carbocycles. The van der Waals surface area contributed by atoms with E-state index >= 15 is 0 Å². The number of benzene rings is 7. The van der Waals surface area contributed by atoms with Crippen LogP contribution in [0.1, 0.15) is 43.2 Å². The summed E-state index contributed by atoms with van der Waals surface area (Å²) in [6, 6.07) is 54.7. The van der Waals surface area contributed by atoms with Crippen LogP contribution in [0, 0.1) is 23.7 Å². The van der Waals surface area contributed by atoms with Crippen LogP contribution in [-0.2, 0) is 5.41 Å². The first-order valence-corrected chi connectivity index (χ1v) is 20.7. The van der Waals surface area contributed by atoms with E-state index in [1.165, 1.54) is 59.6 Å². The van der Waals surface area contributed by atoms with Gasteiger partial charge in [0.05, 0.1) is 0 Å². The Morgan fingerprint density at radius 1 is 0.421 bits per heavy atom. The van der Waals surface area contributed by atoms with Gasteiger partial charge in [0.1, 0.15) is 11.2 Å². The zero-order valence-corrected chi connectivity index (χ0v) is 31.5. The first kappa shape index (κ1) is 31.8. The molecule has 57 heavy (non-hydrogen) atoms. The number of fused-ring (bicyclic) bond motifs is 7. The van der Waals surface area contributed by atoms with E-state index in [4.69, 9.17) is 19.4 Å². The number of rotatable bonds is 4. The van der Waals surface area contributed by atoms with Crippen LogP contribution in [-0.4, -0.2) is 15.0 Å². The van der Waals surface area contributed by atoms with Crippen LogP contribution in [0.25, 0.3) is 89.1 Å². The molecule has 0 N–H and O–H groups in total. The molecular weight excluding hydrogens is 695 g/mol. The number of hydrogen-bond acceptors (Lipinski definition) is 4. The van der Waals surface area contributed by atoms with Gasteiger partial charge in [0.25, 0.3) is 0 Å². The molecule has 272 valence electrons. The largest absolute Gasteiger partial charge is 0.456 e. The van der Waals surface area contributed by atoms with E-state index in [1.807, 2.05) is 18.2 Å². The number of hydrogen-bond donors (Lipinski definition) is 0. The summed E-state index contributed by atoms with van der Waals surface area (Å²) in [6.07, 6.45) is 6.82. The summed E-state index contributed by atoms with van der Waals surface area (Å²) < 4.78 is 6.23. The van der Waals surface area contributed by atoms with Crippen LogP contribution < -0.4 is 0 Å². The highest BCUT2D eigenvalue weighted by molar-refractivity contribution is 6.06. The van der Waals surface area contributed by atoms with Crippen molar-refractivity contribution in [2.45, 2.75) is 37.5 Å². The molecule has 0 atom stereocenters. The molecule has 2 heterocycles. The zero-order chi connectivity index (χ0) is 37.2. The van der Waals surface area contributed by atoms with Crippen LogP contribution in [0.5, 0.6) is 0 Å². The molecule has 0 aliphatic heterocycles. The molecule has 4 fully saturated rings. The Morgan fingerprint density at radius 3 is 1.81 bits per heavy atom. The summed E-state index contributed by atoms with van der Waals surface area (Å²) in [5.41, 5.74) is 12.9. The smallest absolute Gasteiger partial charge is 0.164 e. The Labute approximate surface area is 331 Å². The third-order valence-corrected chi connectivity index (χ3v) is 14.3. The predicted molar refractivity (Wildman–Crippen MR) is 230 cm³/mol. The highest BCUT2D eigenvalue weighted by Crippen LogP contribution is 2.70. The van der Waals surface area contributed by atoms with E-state index in [-0.39, 0.29) is 5.41 Å². The molecule has 2 aromatic heterocycles. The van der Waals surface area contributed by atoms with Crippen molar-refractivity contribution in [1.82, 2.24) is 15.0 Å². The SMILES string of the molecule is c1ccc(-c2nc(-c3ccc(-c4ccc5c(c4)oc4ccccc45)cc3)nc(-c3cccc4c3-c3cc5ccccc5cc3C43C4CC5CC(C4)CC3C5)n2)cc1. The lowest BCUT2D eigenvalue weighted by Gasteiger charge is -2.61. The number of furan rings is 1. The average Bonchev–Trinajstić information content (AvgIpc) is 3.77. The maximum absolute atomic E-state index is 6.23. The van der Waals surface area contributed by atoms with Crippen molar-refractivity contribution in [1.29, 1.82) is 0 Å². The van der Waals surface area contributed by atoms with E-state index in [0.717, 1.165) is 67.4 Å². The summed E-state index contributed by atoms with van der Waals surface area (Å²) in [5.74, 6) is 5.21. The highest BCUT2D eigenvalue weighted by Gasteiger charge is 2.62. The molecular formula is C53H39N3O. The molecule has 0 radical (unpaired) electrons. The van der Waals surface area contributed by atoms with Crippen molar-refractivity contribution in [3.8, 4) is 56.4 Å². The second-order valence-electron chi connectivity index (χ2n) is 17.2. The molecule has 4 heteroatoms. The fourth-order valence-electron chi connectivity index (χ4n) is 12.2. The lowest BCUT2D eigenvalue weighted by Crippen LogP contribution is -2.55. The van der Waals surface area contributed by atoms with Crippen LogP contribution in [0.4, 0.5) is 0 Å². The fourth-order valence-corrected chi connectivity index (χ4v) is 12.2. The van der Waals surface area contributed by atoms with E-state index in [2.05, 4.69) is 133 Å². The summed E-state index contributed by atoms with van der Waals surface area (Å²) >= 11 is 0. The summed E-state index contributed by atoms with van der Waals surface area (Å²) in [6.45, 7) is 0. The molecule has 4 nitrogen and oxygen atoms in total. The average molecular weight is 734 g/mol. The Hall–Kier alpha value is -6.39. The monoisotopic (exact) mass is 733 g/mol. The van der Waals surface area contributed by atoms with Gasteiger partial charge < -0.3 is 4.42 Å². The van der Waals surface area contributed by atoms with Crippen molar-refractivity contribution in [3.05, 3.63) is 163 Å². The van der Waals surface area contributed by atoms with Gasteiger partial charge in [-0.1, -0.05) is 121 Å². The van der Waals surface area contributed by atoms with Gasteiger partial charge in [-0.05, 0) is 130 Å². The Balaban J connectivity index is 0.978. The van der Waals surface area contributed by atoms with Gasteiger partial charge in [-0.3, -0.25) is 0 Å². The maximum Gasteiger partial charge on any atom is 0.164 e. The lowest BCUT2D eigenvalue weighted by molar-refractivity contribution is -0.0398. The van der Waals surface area contributed by atoms with Gasteiger partial charge in [0.15, 0.2) is 17.5 Å². The van der Waals surface area contributed by atoms with Gasteiger partial charge in [-0.25, -0.2) is 15.0 Å². The third-order valence-electron chi connectivity index (χ3n) is 14.3. The standard InChI is InChI=1S/C53H39N3O/c1-2-9-34(10-3-1)50-54-51(35-19-17-33(18-20-35)38-21-22-42-41-13-6-7-16-47(41)57-48(42)30-38)56-52(55-50)43-14-8-15-45-49(43)44-28-36-11-4-5-12-37(36)29-46(44)53(45)39-24-31-23-32(26-39)27-40(53)25-31/h1-22,28-32,39-40H,23-27H2. The van der Waals surface area contributed by atoms with Crippen LogP contribution in [0.2, 0.25) is 0 Å². The summed E-state index contributed by atoms with van der Waals surface area (Å²) in [5, 5.41) is 4.91. The van der Waals surface area contributed by atoms with E-state index < -0.39 is 0 Å². The van der Waals surface area contributed by atoms with E-state index in [9.17, 15) is 0 Å². The van der Waals surface area contributed by atoms with Crippen molar-refractivity contribution in [2.75, 3.05) is 0 Å². The third kappa shape index (κ3) is 4.58. The minimum Gasteiger partial charge on any atom is -0.456 e. The number of aromatic nitrogens is 3. The molecule has 4 saturated carbocycles. The molecule has 0 saturated heterocycles. The molecule has 0 amide bonds. The Morgan fingerprint density at radius 2 is 1.04 bits per heavy atom. The molecule has 5 aliphatic carbocycles. The van der Waals surface area contributed by atoms with Crippen LogP contribution >= 0.6 is 0 Å². The Bertz CT molecular complexity index is 3060. The van der Waals surface area contributed by atoms with Gasteiger partial charge in [0, 0.05) is 32.9 Å². The second kappa shape index (κ2) is 11.8. The van der Waals surface area contributed by atoms with Gasteiger partial charge in [0.2, 0.25) is 0 Å². The Kier molecular flexibility index (Phi) is 6.59. The van der Waals surface area contributed by atoms with Crippen LogP contribution in [0.15, 0.2) is 156 Å². The first-order chi connectivity index (χ1) is 28.2.